The average Bonchev–Trinajstić information content (AvgIpc) is 3.06. The normalized spacial score (nSPS) is 11.8. The Morgan fingerprint density at radius 1 is 1.35 bits per heavy atom. The van der Waals surface area contributed by atoms with E-state index >= 15 is 0 Å². The van der Waals surface area contributed by atoms with Crippen molar-refractivity contribution in [2.45, 2.75) is 26.8 Å². The monoisotopic (exact) mass is 316 g/mol. The Balaban J connectivity index is 2.15. The zero-order chi connectivity index (χ0) is 16.8. The quantitative estimate of drug-likeness (QED) is 0.883. The summed E-state index contributed by atoms with van der Waals surface area (Å²) in [6.45, 7) is 4.02. The molecule has 0 aliphatic heterocycles. The molecule has 1 unspecified atom stereocenters. The third-order valence-corrected chi connectivity index (χ3v) is 3.61. The Labute approximate surface area is 134 Å². The highest BCUT2D eigenvalue weighted by Crippen LogP contribution is 2.19. The van der Waals surface area contributed by atoms with Crippen LogP contribution in [0.4, 0.5) is 5.69 Å². The molecule has 0 bridgehead atoms. The van der Waals surface area contributed by atoms with Crippen molar-refractivity contribution < 1.29 is 14.1 Å². The molecule has 1 N–H and O–H groups in total. The van der Waals surface area contributed by atoms with Crippen molar-refractivity contribution in [3.63, 3.8) is 0 Å². The van der Waals surface area contributed by atoms with Gasteiger partial charge in [-0.25, -0.2) is 0 Å². The van der Waals surface area contributed by atoms with E-state index in [1.165, 1.54) is 11.3 Å². The summed E-state index contributed by atoms with van der Waals surface area (Å²) in [4.78, 5) is 30.0. The Morgan fingerprint density at radius 2 is 2.09 bits per heavy atom. The van der Waals surface area contributed by atoms with Crippen LogP contribution in [0.15, 0.2) is 35.2 Å². The molecule has 0 aliphatic carbocycles. The lowest BCUT2D eigenvalue weighted by molar-refractivity contribution is -0.119. The SMILES string of the molecule is CCC(C)C(=O)Nc1ccccc1C(=O)N(C)Cc1ncon1. The van der Waals surface area contributed by atoms with Crippen LogP contribution in [0.2, 0.25) is 0 Å². The molecule has 2 aromatic rings. The molecule has 0 radical (unpaired) electrons. The number of carbonyl (C=O) groups is 2. The van der Waals surface area contributed by atoms with Gasteiger partial charge in [0.25, 0.3) is 5.91 Å². The Hall–Kier alpha value is -2.70. The van der Waals surface area contributed by atoms with Crippen molar-refractivity contribution in [3.05, 3.63) is 42.0 Å². The van der Waals surface area contributed by atoms with Gasteiger partial charge in [0.2, 0.25) is 12.3 Å². The molecule has 1 aromatic heterocycles. The number of carbonyl (C=O) groups excluding carboxylic acids is 2. The zero-order valence-electron chi connectivity index (χ0n) is 13.4. The summed E-state index contributed by atoms with van der Waals surface area (Å²) in [6, 6.07) is 6.94. The summed E-state index contributed by atoms with van der Waals surface area (Å²) in [7, 11) is 1.64. The van der Waals surface area contributed by atoms with Crippen molar-refractivity contribution >= 4 is 17.5 Å². The molecule has 2 amide bonds. The second kappa shape index (κ2) is 7.53. The summed E-state index contributed by atoms with van der Waals surface area (Å²) in [5.41, 5.74) is 0.929. The second-order valence-electron chi connectivity index (χ2n) is 5.35. The first-order valence-corrected chi connectivity index (χ1v) is 7.43. The van der Waals surface area contributed by atoms with Crippen molar-refractivity contribution in [1.82, 2.24) is 15.0 Å². The lowest BCUT2D eigenvalue weighted by Crippen LogP contribution is -2.28. The Kier molecular flexibility index (Phi) is 5.46. The lowest BCUT2D eigenvalue weighted by atomic mass is 10.1. The third-order valence-electron chi connectivity index (χ3n) is 3.61. The van der Waals surface area contributed by atoms with Gasteiger partial charge in [-0.05, 0) is 18.6 Å². The highest BCUT2D eigenvalue weighted by Gasteiger charge is 2.19. The van der Waals surface area contributed by atoms with Crippen LogP contribution in [0, 0.1) is 5.92 Å². The molecule has 1 heterocycles. The molecule has 2 rings (SSSR count). The van der Waals surface area contributed by atoms with E-state index in [1.807, 2.05) is 13.8 Å². The highest BCUT2D eigenvalue weighted by molar-refractivity contribution is 6.03. The van der Waals surface area contributed by atoms with Crippen molar-refractivity contribution in [2.75, 3.05) is 12.4 Å². The first kappa shape index (κ1) is 16.7. The maximum atomic E-state index is 12.6. The molecule has 7 nitrogen and oxygen atoms in total. The maximum absolute atomic E-state index is 12.6. The lowest BCUT2D eigenvalue weighted by Gasteiger charge is -2.18. The minimum Gasteiger partial charge on any atom is -0.343 e. The number of nitrogens with zero attached hydrogens (tertiary/aromatic N) is 3. The molecular formula is C16H20N4O3. The summed E-state index contributed by atoms with van der Waals surface area (Å²) in [6.07, 6.45) is 1.95. The van der Waals surface area contributed by atoms with Gasteiger partial charge in [0.1, 0.15) is 0 Å². The van der Waals surface area contributed by atoms with Gasteiger partial charge >= 0.3 is 0 Å². The number of rotatable bonds is 6. The number of benzene rings is 1. The Bertz CT molecular complexity index is 670. The van der Waals surface area contributed by atoms with E-state index < -0.39 is 0 Å². The molecule has 0 saturated carbocycles. The van der Waals surface area contributed by atoms with Crippen molar-refractivity contribution in [3.8, 4) is 0 Å². The standard InChI is InChI=1S/C16H20N4O3/c1-4-11(2)15(21)18-13-8-6-5-7-12(13)16(22)20(3)9-14-17-10-23-19-14/h5-8,10-11H,4,9H2,1-3H3,(H,18,21). The van der Waals surface area contributed by atoms with Crippen molar-refractivity contribution in [1.29, 1.82) is 0 Å². The number of hydrogen-bond acceptors (Lipinski definition) is 5. The van der Waals surface area contributed by atoms with Crippen LogP contribution >= 0.6 is 0 Å². The van der Waals surface area contributed by atoms with Crippen LogP contribution in [0.3, 0.4) is 0 Å². The molecule has 1 atom stereocenters. The maximum Gasteiger partial charge on any atom is 0.256 e. The molecule has 23 heavy (non-hydrogen) atoms. The summed E-state index contributed by atoms with van der Waals surface area (Å²) >= 11 is 0. The molecule has 0 saturated heterocycles. The number of hydrogen-bond donors (Lipinski definition) is 1. The zero-order valence-corrected chi connectivity index (χ0v) is 13.4. The summed E-state index contributed by atoms with van der Waals surface area (Å²) in [5.74, 6) is -0.0272. The van der Waals surface area contributed by atoms with Gasteiger partial charge in [0.05, 0.1) is 17.8 Å². The van der Waals surface area contributed by atoms with Crippen LogP contribution in [0.1, 0.15) is 36.5 Å². The van der Waals surface area contributed by atoms with E-state index in [2.05, 4.69) is 20.0 Å². The first-order valence-electron chi connectivity index (χ1n) is 7.43. The van der Waals surface area contributed by atoms with E-state index in [-0.39, 0.29) is 24.3 Å². The second-order valence-corrected chi connectivity index (χ2v) is 5.35. The number of aromatic nitrogens is 2. The highest BCUT2D eigenvalue weighted by atomic mass is 16.5. The van der Waals surface area contributed by atoms with E-state index in [0.717, 1.165) is 6.42 Å². The van der Waals surface area contributed by atoms with E-state index in [1.54, 1.807) is 31.3 Å². The molecule has 0 aliphatic rings. The molecule has 1 aromatic carbocycles. The van der Waals surface area contributed by atoms with Gasteiger partial charge in [-0.3, -0.25) is 9.59 Å². The van der Waals surface area contributed by atoms with Crippen LogP contribution in [-0.2, 0) is 11.3 Å². The molecule has 0 fully saturated rings. The minimum absolute atomic E-state index is 0.103. The average molecular weight is 316 g/mol. The molecule has 7 heteroatoms. The number of anilines is 1. The molecule has 122 valence electrons. The van der Waals surface area contributed by atoms with Crippen LogP contribution < -0.4 is 5.32 Å². The fraction of sp³-hybridized carbons (Fsp3) is 0.375. The van der Waals surface area contributed by atoms with Gasteiger partial charge in [-0.15, -0.1) is 0 Å². The number of para-hydroxylation sites is 1. The number of nitrogens with one attached hydrogen (secondary N) is 1. The largest absolute Gasteiger partial charge is 0.343 e. The van der Waals surface area contributed by atoms with Crippen molar-refractivity contribution in [2.24, 2.45) is 5.92 Å². The van der Waals surface area contributed by atoms with E-state index in [0.29, 0.717) is 17.1 Å². The summed E-state index contributed by atoms with van der Waals surface area (Å²) < 4.78 is 4.66. The third kappa shape index (κ3) is 4.15. The van der Waals surface area contributed by atoms with Crippen LogP contribution in [0.5, 0.6) is 0 Å². The van der Waals surface area contributed by atoms with Gasteiger partial charge in [0, 0.05) is 13.0 Å². The smallest absolute Gasteiger partial charge is 0.256 e. The van der Waals surface area contributed by atoms with E-state index in [9.17, 15) is 9.59 Å². The topological polar surface area (TPSA) is 88.3 Å². The van der Waals surface area contributed by atoms with Crippen LogP contribution in [-0.4, -0.2) is 33.9 Å². The Morgan fingerprint density at radius 3 is 2.74 bits per heavy atom. The molecule has 0 spiro atoms. The van der Waals surface area contributed by atoms with E-state index in [4.69, 9.17) is 0 Å². The number of amides is 2. The van der Waals surface area contributed by atoms with Gasteiger partial charge in [-0.2, -0.15) is 4.98 Å². The fourth-order valence-corrected chi connectivity index (χ4v) is 1.97. The summed E-state index contributed by atoms with van der Waals surface area (Å²) in [5, 5.41) is 6.51. The predicted molar refractivity (Wildman–Crippen MR) is 84.6 cm³/mol. The predicted octanol–water partition coefficient (Wildman–Crippen LogP) is 2.33. The minimum atomic E-state index is -0.227. The fourth-order valence-electron chi connectivity index (χ4n) is 1.97. The van der Waals surface area contributed by atoms with Crippen LogP contribution in [0.25, 0.3) is 0 Å². The van der Waals surface area contributed by atoms with Gasteiger partial charge in [-0.1, -0.05) is 31.1 Å². The van der Waals surface area contributed by atoms with Gasteiger partial charge in [0.15, 0.2) is 5.82 Å². The first-order chi connectivity index (χ1) is 11.0. The molecular weight excluding hydrogens is 296 g/mol. The van der Waals surface area contributed by atoms with Gasteiger partial charge < -0.3 is 14.7 Å².